The van der Waals surface area contributed by atoms with Crippen LogP contribution in [0.3, 0.4) is 0 Å². The Balaban J connectivity index is 2.20. The standard InChI is InChI=1S/C17H19BrFNO/c1-3-20-10-14-9-15(18)8-12(2)17(14)21-11-13-6-4-5-7-16(13)19/h4-9,20H,3,10-11H2,1-2H3. The first-order chi connectivity index (χ1) is 10.1. The molecule has 0 radical (unpaired) electrons. The zero-order valence-electron chi connectivity index (χ0n) is 12.2. The molecule has 0 aliphatic carbocycles. The van der Waals surface area contributed by atoms with Crippen molar-refractivity contribution < 1.29 is 9.13 Å². The molecule has 0 fully saturated rings. The second kappa shape index (κ2) is 7.57. The summed E-state index contributed by atoms with van der Waals surface area (Å²) in [5.74, 6) is 0.586. The van der Waals surface area contributed by atoms with Gasteiger partial charge in [0.25, 0.3) is 0 Å². The van der Waals surface area contributed by atoms with Crippen LogP contribution in [0.15, 0.2) is 40.9 Å². The molecular formula is C17H19BrFNO. The summed E-state index contributed by atoms with van der Waals surface area (Å²) in [4.78, 5) is 0. The maximum absolute atomic E-state index is 13.7. The van der Waals surface area contributed by atoms with Crippen LogP contribution in [0.1, 0.15) is 23.6 Å². The summed E-state index contributed by atoms with van der Waals surface area (Å²) >= 11 is 3.50. The number of benzene rings is 2. The Kier molecular flexibility index (Phi) is 5.76. The molecule has 4 heteroatoms. The van der Waals surface area contributed by atoms with Crippen molar-refractivity contribution in [2.45, 2.75) is 27.0 Å². The van der Waals surface area contributed by atoms with Crippen LogP contribution >= 0.6 is 15.9 Å². The lowest BCUT2D eigenvalue weighted by atomic mass is 10.1. The first-order valence-corrected chi connectivity index (χ1v) is 7.77. The minimum absolute atomic E-state index is 0.230. The van der Waals surface area contributed by atoms with Gasteiger partial charge in [0, 0.05) is 22.1 Å². The van der Waals surface area contributed by atoms with Crippen LogP contribution < -0.4 is 10.1 Å². The minimum atomic E-state index is -0.236. The Hall–Kier alpha value is -1.39. The third kappa shape index (κ3) is 4.29. The molecule has 1 N–H and O–H groups in total. The summed E-state index contributed by atoms with van der Waals surface area (Å²) in [5, 5.41) is 3.29. The van der Waals surface area contributed by atoms with Crippen LogP contribution in [0.5, 0.6) is 5.75 Å². The van der Waals surface area contributed by atoms with E-state index in [-0.39, 0.29) is 12.4 Å². The van der Waals surface area contributed by atoms with Gasteiger partial charge in [0.05, 0.1) is 0 Å². The van der Waals surface area contributed by atoms with Crippen molar-refractivity contribution in [3.05, 3.63) is 63.4 Å². The zero-order valence-corrected chi connectivity index (χ0v) is 13.8. The van der Waals surface area contributed by atoms with Gasteiger partial charge in [0.2, 0.25) is 0 Å². The van der Waals surface area contributed by atoms with Gasteiger partial charge in [-0.05, 0) is 37.2 Å². The second-order valence-corrected chi connectivity index (χ2v) is 5.79. The van der Waals surface area contributed by atoms with E-state index in [0.717, 1.165) is 34.4 Å². The summed E-state index contributed by atoms with van der Waals surface area (Å²) < 4.78 is 20.6. The van der Waals surface area contributed by atoms with Gasteiger partial charge in [-0.3, -0.25) is 0 Å². The second-order valence-electron chi connectivity index (χ2n) is 4.87. The highest BCUT2D eigenvalue weighted by molar-refractivity contribution is 9.10. The molecule has 0 bridgehead atoms. The highest BCUT2D eigenvalue weighted by Crippen LogP contribution is 2.29. The van der Waals surface area contributed by atoms with Crippen molar-refractivity contribution in [1.82, 2.24) is 5.32 Å². The number of halogens is 2. The van der Waals surface area contributed by atoms with Gasteiger partial charge in [-0.1, -0.05) is 41.1 Å². The molecular weight excluding hydrogens is 333 g/mol. The number of hydrogen-bond donors (Lipinski definition) is 1. The van der Waals surface area contributed by atoms with Gasteiger partial charge >= 0.3 is 0 Å². The molecule has 21 heavy (non-hydrogen) atoms. The SMILES string of the molecule is CCNCc1cc(Br)cc(C)c1OCc1ccccc1F. The van der Waals surface area contributed by atoms with E-state index >= 15 is 0 Å². The maximum atomic E-state index is 13.7. The van der Waals surface area contributed by atoms with Crippen molar-refractivity contribution in [2.24, 2.45) is 0 Å². The van der Waals surface area contributed by atoms with E-state index in [4.69, 9.17) is 4.74 Å². The fourth-order valence-corrected chi connectivity index (χ4v) is 2.78. The van der Waals surface area contributed by atoms with E-state index in [2.05, 4.69) is 28.2 Å². The number of ether oxygens (including phenoxy) is 1. The summed E-state index contributed by atoms with van der Waals surface area (Å²) in [5.41, 5.74) is 2.67. The smallest absolute Gasteiger partial charge is 0.129 e. The van der Waals surface area contributed by atoms with E-state index < -0.39 is 0 Å². The number of nitrogens with one attached hydrogen (secondary N) is 1. The molecule has 2 aromatic carbocycles. The van der Waals surface area contributed by atoms with Crippen molar-refractivity contribution in [3.63, 3.8) is 0 Å². The third-order valence-corrected chi connectivity index (χ3v) is 3.67. The molecule has 2 nitrogen and oxygen atoms in total. The molecule has 0 saturated carbocycles. The number of hydrogen-bond acceptors (Lipinski definition) is 2. The molecule has 0 atom stereocenters. The zero-order chi connectivity index (χ0) is 15.2. The Morgan fingerprint density at radius 1 is 1.19 bits per heavy atom. The molecule has 112 valence electrons. The Morgan fingerprint density at radius 2 is 1.95 bits per heavy atom. The van der Waals surface area contributed by atoms with Crippen LogP contribution in [0, 0.1) is 12.7 Å². The van der Waals surface area contributed by atoms with Crippen LogP contribution in [0.4, 0.5) is 4.39 Å². The largest absolute Gasteiger partial charge is 0.488 e. The van der Waals surface area contributed by atoms with Crippen molar-refractivity contribution in [1.29, 1.82) is 0 Å². The maximum Gasteiger partial charge on any atom is 0.129 e. The minimum Gasteiger partial charge on any atom is -0.488 e. The monoisotopic (exact) mass is 351 g/mol. The summed E-state index contributed by atoms with van der Waals surface area (Å²) in [6, 6.07) is 10.7. The van der Waals surface area contributed by atoms with E-state index in [9.17, 15) is 4.39 Å². The summed E-state index contributed by atoms with van der Waals surface area (Å²) in [6.07, 6.45) is 0. The lowest BCUT2D eigenvalue weighted by Crippen LogP contribution is -2.13. The van der Waals surface area contributed by atoms with Gasteiger partial charge in [-0.25, -0.2) is 4.39 Å². The van der Waals surface area contributed by atoms with Crippen molar-refractivity contribution in [3.8, 4) is 5.75 Å². The fourth-order valence-electron chi connectivity index (χ4n) is 2.16. The Bertz CT molecular complexity index is 616. The van der Waals surface area contributed by atoms with Gasteiger partial charge in [0.1, 0.15) is 18.2 Å². The third-order valence-electron chi connectivity index (χ3n) is 3.21. The van der Waals surface area contributed by atoms with Crippen LogP contribution in [-0.4, -0.2) is 6.54 Å². The van der Waals surface area contributed by atoms with Crippen LogP contribution in [0.25, 0.3) is 0 Å². The van der Waals surface area contributed by atoms with Gasteiger partial charge < -0.3 is 10.1 Å². The molecule has 2 aromatic rings. The molecule has 0 amide bonds. The van der Waals surface area contributed by atoms with Gasteiger partial charge in [-0.2, -0.15) is 0 Å². The topological polar surface area (TPSA) is 21.3 Å². The molecule has 0 saturated heterocycles. The molecule has 0 aliphatic rings. The highest BCUT2D eigenvalue weighted by Gasteiger charge is 2.10. The average molecular weight is 352 g/mol. The van der Waals surface area contributed by atoms with E-state index in [1.165, 1.54) is 6.07 Å². The predicted molar refractivity (Wildman–Crippen MR) is 87.0 cm³/mol. The molecule has 0 unspecified atom stereocenters. The van der Waals surface area contributed by atoms with E-state index in [1.54, 1.807) is 12.1 Å². The van der Waals surface area contributed by atoms with E-state index in [0.29, 0.717) is 5.56 Å². The Morgan fingerprint density at radius 3 is 2.67 bits per heavy atom. The number of rotatable bonds is 6. The first-order valence-electron chi connectivity index (χ1n) is 6.97. The van der Waals surface area contributed by atoms with Crippen molar-refractivity contribution >= 4 is 15.9 Å². The summed E-state index contributed by atoms with van der Waals surface area (Å²) in [6.45, 7) is 5.90. The van der Waals surface area contributed by atoms with Gasteiger partial charge in [-0.15, -0.1) is 0 Å². The quantitative estimate of drug-likeness (QED) is 0.821. The summed E-state index contributed by atoms with van der Waals surface area (Å²) in [7, 11) is 0. The lowest BCUT2D eigenvalue weighted by Gasteiger charge is -2.15. The van der Waals surface area contributed by atoms with Crippen LogP contribution in [-0.2, 0) is 13.2 Å². The van der Waals surface area contributed by atoms with Gasteiger partial charge in [0.15, 0.2) is 0 Å². The number of aryl methyl sites for hydroxylation is 1. The molecule has 0 spiro atoms. The highest BCUT2D eigenvalue weighted by atomic mass is 79.9. The average Bonchev–Trinajstić information content (AvgIpc) is 2.45. The molecule has 0 heterocycles. The predicted octanol–water partition coefficient (Wildman–Crippen LogP) is 4.59. The lowest BCUT2D eigenvalue weighted by molar-refractivity contribution is 0.294. The molecule has 0 aliphatic heterocycles. The van der Waals surface area contributed by atoms with E-state index in [1.807, 2.05) is 25.1 Å². The van der Waals surface area contributed by atoms with Crippen molar-refractivity contribution in [2.75, 3.05) is 6.54 Å². The Labute approximate surface area is 133 Å². The fraction of sp³-hybridized carbons (Fsp3) is 0.294. The molecule has 0 aromatic heterocycles. The normalized spacial score (nSPS) is 10.7. The first kappa shape index (κ1) is 16.0. The molecule has 2 rings (SSSR count). The van der Waals surface area contributed by atoms with Crippen LogP contribution in [0.2, 0.25) is 0 Å².